The van der Waals surface area contributed by atoms with Gasteiger partial charge in [0.05, 0.1) is 16.3 Å². The minimum Gasteiger partial charge on any atom is -0.326 e. The van der Waals surface area contributed by atoms with Gasteiger partial charge in [-0.3, -0.25) is 9.59 Å². The van der Waals surface area contributed by atoms with Gasteiger partial charge in [-0.1, -0.05) is 23.2 Å². The van der Waals surface area contributed by atoms with E-state index in [1.54, 1.807) is 36.4 Å². The van der Waals surface area contributed by atoms with E-state index in [1.807, 2.05) is 22.6 Å². The lowest BCUT2D eigenvalue weighted by molar-refractivity contribution is -0.114. The second kappa shape index (κ2) is 7.30. The lowest BCUT2D eigenvalue weighted by Gasteiger charge is -2.10. The van der Waals surface area contributed by atoms with E-state index < -0.39 is 0 Å². The third-order valence-electron chi connectivity index (χ3n) is 2.71. The molecule has 0 heterocycles. The fourth-order valence-electron chi connectivity index (χ4n) is 1.76. The summed E-state index contributed by atoms with van der Waals surface area (Å²) in [5.41, 5.74) is 1.54. The molecule has 0 aliphatic heterocycles. The minimum atomic E-state index is -0.282. The average Bonchev–Trinajstić information content (AvgIpc) is 2.41. The van der Waals surface area contributed by atoms with E-state index in [1.165, 1.54) is 6.92 Å². The highest BCUT2D eigenvalue weighted by Gasteiger charge is 2.12. The van der Waals surface area contributed by atoms with Crippen molar-refractivity contribution in [2.45, 2.75) is 6.92 Å². The molecule has 2 aromatic rings. The fraction of sp³-hybridized carbons (Fsp3) is 0.0667. The Balaban J connectivity index is 2.19. The number of hydrogen-bond donors (Lipinski definition) is 2. The van der Waals surface area contributed by atoms with Crippen molar-refractivity contribution < 1.29 is 9.59 Å². The van der Waals surface area contributed by atoms with Crippen LogP contribution in [0, 0.1) is 3.57 Å². The Hall–Kier alpha value is -1.31. The Morgan fingerprint density at radius 2 is 1.77 bits per heavy atom. The van der Waals surface area contributed by atoms with Crippen LogP contribution in [0.25, 0.3) is 0 Å². The number of benzene rings is 2. The number of nitrogens with one attached hydrogen (secondary N) is 2. The average molecular weight is 449 g/mol. The first-order valence-electron chi connectivity index (χ1n) is 6.20. The number of halogens is 3. The zero-order valence-corrected chi connectivity index (χ0v) is 15.1. The SMILES string of the molecule is CC(=O)Nc1ccc(NC(=O)c2ccc(Cl)cc2I)c(Cl)c1. The number of amides is 2. The molecule has 0 saturated carbocycles. The second-order valence-electron chi connectivity index (χ2n) is 4.45. The van der Waals surface area contributed by atoms with Crippen LogP contribution in [0.5, 0.6) is 0 Å². The first-order chi connectivity index (χ1) is 10.4. The fourth-order valence-corrected chi connectivity index (χ4v) is 3.10. The minimum absolute atomic E-state index is 0.191. The van der Waals surface area contributed by atoms with Crippen LogP contribution in [0.2, 0.25) is 10.0 Å². The van der Waals surface area contributed by atoms with Crippen LogP contribution >= 0.6 is 45.8 Å². The van der Waals surface area contributed by atoms with Crippen LogP contribution < -0.4 is 10.6 Å². The summed E-state index contributed by atoms with van der Waals surface area (Å²) in [6.07, 6.45) is 0. The van der Waals surface area contributed by atoms with Crippen LogP contribution in [0.1, 0.15) is 17.3 Å². The van der Waals surface area contributed by atoms with Crippen molar-refractivity contribution in [2.75, 3.05) is 10.6 Å². The quantitative estimate of drug-likeness (QED) is 0.662. The standard InChI is InChI=1S/C15H11Cl2IN2O2/c1-8(21)19-10-3-5-14(12(17)7-10)20-15(22)11-4-2-9(16)6-13(11)18/h2-7H,1H3,(H,19,21)(H,20,22). The molecule has 0 aromatic heterocycles. The Morgan fingerprint density at radius 1 is 1.05 bits per heavy atom. The van der Waals surface area contributed by atoms with E-state index in [9.17, 15) is 9.59 Å². The van der Waals surface area contributed by atoms with Gasteiger partial charge in [-0.25, -0.2) is 0 Å². The molecule has 7 heteroatoms. The molecule has 0 unspecified atom stereocenters. The Bertz CT molecular complexity index is 750. The number of carbonyl (C=O) groups excluding carboxylic acids is 2. The van der Waals surface area contributed by atoms with Gasteiger partial charge in [-0.15, -0.1) is 0 Å². The van der Waals surface area contributed by atoms with Gasteiger partial charge in [0, 0.05) is 21.2 Å². The van der Waals surface area contributed by atoms with Gasteiger partial charge in [0.2, 0.25) is 5.91 Å². The lowest BCUT2D eigenvalue weighted by atomic mass is 10.2. The summed E-state index contributed by atoms with van der Waals surface area (Å²) < 4.78 is 0.744. The van der Waals surface area contributed by atoms with Gasteiger partial charge in [0.25, 0.3) is 5.91 Å². The molecular weight excluding hydrogens is 438 g/mol. The first kappa shape index (κ1) is 17.1. The maximum atomic E-state index is 12.3. The third kappa shape index (κ3) is 4.34. The van der Waals surface area contributed by atoms with Crippen molar-refractivity contribution in [1.82, 2.24) is 0 Å². The summed E-state index contributed by atoms with van der Waals surface area (Å²) in [6, 6.07) is 9.88. The molecule has 2 N–H and O–H groups in total. The summed E-state index contributed by atoms with van der Waals surface area (Å²) in [6.45, 7) is 1.41. The van der Waals surface area contributed by atoms with Crippen molar-refractivity contribution in [2.24, 2.45) is 0 Å². The molecule has 0 atom stereocenters. The predicted octanol–water partition coefficient (Wildman–Crippen LogP) is 4.81. The summed E-state index contributed by atoms with van der Waals surface area (Å²) >= 11 is 14.0. The number of carbonyl (C=O) groups is 2. The molecule has 0 radical (unpaired) electrons. The van der Waals surface area contributed by atoms with Crippen LogP contribution in [0.4, 0.5) is 11.4 Å². The van der Waals surface area contributed by atoms with Crippen LogP contribution in [0.3, 0.4) is 0 Å². The van der Waals surface area contributed by atoms with Gasteiger partial charge in [0.1, 0.15) is 0 Å². The zero-order chi connectivity index (χ0) is 16.3. The maximum absolute atomic E-state index is 12.3. The third-order valence-corrected chi connectivity index (χ3v) is 4.15. The van der Waals surface area contributed by atoms with Gasteiger partial charge in [-0.05, 0) is 59.0 Å². The van der Waals surface area contributed by atoms with E-state index in [0.29, 0.717) is 27.0 Å². The number of rotatable bonds is 3. The van der Waals surface area contributed by atoms with E-state index >= 15 is 0 Å². The van der Waals surface area contributed by atoms with E-state index in [4.69, 9.17) is 23.2 Å². The topological polar surface area (TPSA) is 58.2 Å². The Morgan fingerprint density at radius 3 is 2.36 bits per heavy atom. The first-order valence-corrected chi connectivity index (χ1v) is 8.04. The van der Waals surface area contributed by atoms with Crippen LogP contribution in [0.15, 0.2) is 36.4 Å². The molecule has 2 aromatic carbocycles. The summed E-state index contributed by atoms with van der Waals surface area (Å²) in [7, 11) is 0. The molecule has 22 heavy (non-hydrogen) atoms. The van der Waals surface area contributed by atoms with E-state index in [0.717, 1.165) is 3.57 Å². The molecule has 114 valence electrons. The zero-order valence-electron chi connectivity index (χ0n) is 11.4. The highest BCUT2D eigenvalue weighted by molar-refractivity contribution is 14.1. The summed E-state index contributed by atoms with van der Waals surface area (Å²) in [4.78, 5) is 23.3. The molecular formula is C15H11Cl2IN2O2. The van der Waals surface area contributed by atoms with Crippen LogP contribution in [-0.2, 0) is 4.79 Å². The summed E-state index contributed by atoms with van der Waals surface area (Å²) in [5, 5.41) is 6.26. The highest BCUT2D eigenvalue weighted by Crippen LogP contribution is 2.27. The van der Waals surface area contributed by atoms with Gasteiger partial charge in [0.15, 0.2) is 0 Å². The van der Waals surface area contributed by atoms with Crippen molar-refractivity contribution in [3.8, 4) is 0 Å². The molecule has 4 nitrogen and oxygen atoms in total. The number of hydrogen-bond acceptors (Lipinski definition) is 2. The van der Waals surface area contributed by atoms with Crippen molar-refractivity contribution in [3.05, 3.63) is 55.6 Å². The molecule has 0 aliphatic rings. The highest BCUT2D eigenvalue weighted by atomic mass is 127. The van der Waals surface area contributed by atoms with E-state index in [2.05, 4.69) is 10.6 Å². The van der Waals surface area contributed by atoms with Crippen molar-refractivity contribution >= 4 is 69.0 Å². The maximum Gasteiger partial charge on any atom is 0.256 e. The van der Waals surface area contributed by atoms with Gasteiger partial charge < -0.3 is 10.6 Å². The molecule has 0 spiro atoms. The van der Waals surface area contributed by atoms with Gasteiger partial charge in [-0.2, -0.15) is 0 Å². The number of anilines is 2. The van der Waals surface area contributed by atoms with Crippen molar-refractivity contribution in [3.63, 3.8) is 0 Å². The monoisotopic (exact) mass is 448 g/mol. The van der Waals surface area contributed by atoms with Crippen LogP contribution in [-0.4, -0.2) is 11.8 Å². The summed E-state index contributed by atoms with van der Waals surface area (Å²) in [5.74, 6) is -0.473. The molecule has 0 aliphatic carbocycles. The predicted molar refractivity (Wildman–Crippen MR) is 97.9 cm³/mol. The normalized spacial score (nSPS) is 10.2. The Kier molecular flexibility index (Phi) is 5.66. The smallest absolute Gasteiger partial charge is 0.256 e. The molecule has 2 rings (SSSR count). The second-order valence-corrected chi connectivity index (χ2v) is 6.46. The molecule has 0 bridgehead atoms. The van der Waals surface area contributed by atoms with Crippen molar-refractivity contribution in [1.29, 1.82) is 0 Å². The molecule has 0 saturated heterocycles. The lowest BCUT2D eigenvalue weighted by Crippen LogP contribution is -2.14. The molecule has 2 amide bonds. The molecule has 0 fully saturated rings. The largest absolute Gasteiger partial charge is 0.326 e. The Labute approximate surface area is 151 Å². The van der Waals surface area contributed by atoms with E-state index in [-0.39, 0.29) is 11.8 Å². The van der Waals surface area contributed by atoms with Gasteiger partial charge >= 0.3 is 0 Å².